The summed E-state index contributed by atoms with van der Waals surface area (Å²) < 4.78 is 5.20. The Kier molecular flexibility index (Phi) is 6.18. The summed E-state index contributed by atoms with van der Waals surface area (Å²) in [6.07, 6.45) is 5.70. The van der Waals surface area contributed by atoms with Crippen LogP contribution in [0.15, 0.2) is 24.3 Å². The normalized spacial score (nSPS) is 23.7. The van der Waals surface area contributed by atoms with Crippen molar-refractivity contribution in [2.45, 2.75) is 44.6 Å². The molecule has 8 nitrogen and oxygen atoms in total. The van der Waals surface area contributed by atoms with E-state index in [0.29, 0.717) is 11.3 Å². The SMILES string of the molecule is COc1cccc([C@@]2(C)NC(=O)N(NC(=O)CN3CCCCCCC3)C2=O)c1. The zero-order valence-electron chi connectivity index (χ0n) is 16.5. The molecule has 0 radical (unpaired) electrons. The Bertz CT molecular complexity index is 745. The topological polar surface area (TPSA) is 91.0 Å². The number of rotatable bonds is 5. The average Bonchev–Trinajstić information content (AvgIpc) is 2.88. The first kappa shape index (κ1) is 20.1. The quantitative estimate of drug-likeness (QED) is 0.750. The van der Waals surface area contributed by atoms with Gasteiger partial charge in [0.15, 0.2) is 0 Å². The minimum atomic E-state index is -1.26. The molecule has 1 aromatic rings. The van der Waals surface area contributed by atoms with E-state index < -0.39 is 17.5 Å². The molecule has 2 heterocycles. The molecule has 2 aliphatic rings. The van der Waals surface area contributed by atoms with Gasteiger partial charge in [0.2, 0.25) is 0 Å². The van der Waals surface area contributed by atoms with E-state index in [1.54, 1.807) is 31.2 Å². The summed E-state index contributed by atoms with van der Waals surface area (Å²) in [5, 5.41) is 3.46. The van der Waals surface area contributed by atoms with Gasteiger partial charge in [-0.2, -0.15) is 5.01 Å². The molecular weight excluding hydrogens is 360 g/mol. The van der Waals surface area contributed by atoms with Crippen LogP contribution in [0.3, 0.4) is 0 Å². The van der Waals surface area contributed by atoms with Crippen molar-refractivity contribution < 1.29 is 19.1 Å². The molecule has 2 fully saturated rings. The summed E-state index contributed by atoms with van der Waals surface area (Å²) in [4.78, 5) is 39.9. The number of hydrazine groups is 1. The Morgan fingerprint density at radius 3 is 2.54 bits per heavy atom. The molecule has 3 rings (SSSR count). The predicted molar refractivity (Wildman–Crippen MR) is 103 cm³/mol. The van der Waals surface area contributed by atoms with Gasteiger partial charge in [-0.15, -0.1) is 0 Å². The van der Waals surface area contributed by atoms with Crippen molar-refractivity contribution in [3.05, 3.63) is 29.8 Å². The maximum absolute atomic E-state index is 12.9. The molecule has 2 saturated heterocycles. The third-order valence-corrected chi connectivity index (χ3v) is 5.39. The van der Waals surface area contributed by atoms with Crippen LogP contribution < -0.4 is 15.5 Å². The number of imide groups is 1. The lowest BCUT2D eigenvalue weighted by Crippen LogP contribution is -2.51. The van der Waals surface area contributed by atoms with E-state index in [9.17, 15) is 14.4 Å². The second-order valence-corrected chi connectivity index (χ2v) is 7.51. The van der Waals surface area contributed by atoms with E-state index in [1.807, 2.05) is 0 Å². The summed E-state index contributed by atoms with van der Waals surface area (Å²) in [6.45, 7) is 3.50. The maximum Gasteiger partial charge on any atom is 0.344 e. The molecule has 152 valence electrons. The summed E-state index contributed by atoms with van der Waals surface area (Å²) in [5.74, 6) is -0.300. The largest absolute Gasteiger partial charge is 0.497 e. The Balaban J connectivity index is 1.66. The van der Waals surface area contributed by atoms with Crippen molar-refractivity contribution >= 4 is 17.8 Å². The van der Waals surface area contributed by atoms with E-state index in [1.165, 1.54) is 26.4 Å². The van der Waals surface area contributed by atoms with Crippen LogP contribution in [0.4, 0.5) is 4.79 Å². The number of hydrogen-bond donors (Lipinski definition) is 2. The number of amides is 4. The second kappa shape index (κ2) is 8.60. The summed E-state index contributed by atoms with van der Waals surface area (Å²) in [6, 6.07) is 6.31. The van der Waals surface area contributed by atoms with Crippen LogP contribution in [0.5, 0.6) is 5.75 Å². The Morgan fingerprint density at radius 1 is 1.18 bits per heavy atom. The number of nitrogens with one attached hydrogen (secondary N) is 2. The third kappa shape index (κ3) is 4.27. The van der Waals surface area contributed by atoms with Gasteiger partial charge in [-0.3, -0.25) is 19.9 Å². The van der Waals surface area contributed by atoms with Crippen molar-refractivity contribution in [2.75, 3.05) is 26.7 Å². The lowest BCUT2D eigenvalue weighted by Gasteiger charge is -2.25. The highest BCUT2D eigenvalue weighted by Gasteiger charge is 2.50. The molecular formula is C20H28N4O4. The smallest absolute Gasteiger partial charge is 0.344 e. The molecule has 4 amide bonds. The maximum atomic E-state index is 12.9. The van der Waals surface area contributed by atoms with E-state index in [4.69, 9.17) is 4.74 Å². The van der Waals surface area contributed by atoms with Gasteiger partial charge in [0.25, 0.3) is 11.8 Å². The van der Waals surface area contributed by atoms with Crippen molar-refractivity contribution in [3.63, 3.8) is 0 Å². The van der Waals surface area contributed by atoms with Crippen LogP contribution in [-0.4, -0.2) is 54.5 Å². The number of ether oxygens (including phenoxy) is 1. The zero-order valence-corrected chi connectivity index (χ0v) is 16.5. The summed E-state index contributed by atoms with van der Waals surface area (Å²) >= 11 is 0. The van der Waals surface area contributed by atoms with Crippen LogP contribution in [0, 0.1) is 0 Å². The fourth-order valence-corrected chi connectivity index (χ4v) is 3.70. The monoisotopic (exact) mass is 388 g/mol. The molecule has 0 spiro atoms. The molecule has 2 aliphatic heterocycles. The van der Waals surface area contributed by atoms with Crippen LogP contribution in [0.25, 0.3) is 0 Å². The van der Waals surface area contributed by atoms with Gasteiger partial charge >= 0.3 is 6.03 Å². The van der Waals surface area contributed by atoms with Crippen LogP contribution in [0.1, 0.15) is 44.6 Å². The second-order valence-electron chi connectivity index (χ2n) is 7.51. The first-order valence-electron chi connectivity index (χ1n) is 9.77. The molecule has 0 saturated carbocycles. The van der Waals surface area contributed by atoms with E-state index in [2.05, 4.69) is 15.6 Å². The van der Waals surface area contributed by atoms with Gasteiger partial charge < -0.3 is 10.1 Å². The van der Waals surface area contributed by atoms with Gasteiger partial charge in [0, 0.05) is 0 Å². The van der Waals surface area contributed by atoms with Crippen molar-refractivity contribution in [1.29, 1.82) is 0 Å². The molecule has 0 unspecified atom stereocenters. The number of nitrogens with zero attached hydrogens (tertiary/aromatic N) is 2. The van der Waals surface area contributed by atoms with Crippen molar-refractivity contribution in [1.82, 2.24) is 20.7 Å². The summed E-state index contributed by atoms with van der Waals surface area (Å²) in [5.41, 5.74) is 1.80. The highest BCUT2D eigenvalue weighted by Crippen LogP contribution is 2.30. The van der Waals surface area contributed by atoms with E-state index >= 15 is 0 Å². The number of likely N-dealkylation sites (tertiary alicyclic amines) is 1. The summed E-state index contributed by atoms with van der Waals surface area (Å²) in [7, 11) is 1.54. The highest BCUT2D eigenvalue weighted by atomic mass is 16.5. The van der Waals surface area contributed by atoms with Gasteiger partial charge in [-0.25, -0.2) is 4.79 Å². The Labute approximate surface area is 165 Å². The number of benzene rings is 1. The van der Waals surface area contributed by atoms with Gasteiger partial charge in [-0.1, -0.05) is 31.4 Å². The number of methoxy groups -OCH3 is 1. The van der Waals surface area contributed by atoms with Gasteiger partial charge in [0.05, 0.1) is 13.7 Å². The molecule has 0 aromatic heterocycles. The van der Waals surface area contributed by atoms with Gasteiger partial charge in [0.1, 0.15) is 11.3 Å². The fraction of sp³-hybridized carbons (Fsp3) is 0.550. The molecule has 1 aromatic carbocycles. The van der Waals surface area contributed by atoms with E-state index in [-0.39, 0.29) is 12.5 Å². The predicted octanol–water partition coefficient (Wildman–Crippen LogP) is 1.76. The zero-order chi connectivity index (χ0) is 20.1. The Hall–Kier alpha value is -2.61. The fourth-order valence-electron chi connectivity index (χ4n) is 3.70. The van der Waals surface area contributed by atoms with E-state index in [0.717, 1.165) is 30.9 Å². The van der Waals surface area contributed by atoms with Crippen LogP contribution >= 0.6 is 0 Å². The third-order valence-electron chi connectivity index (χ3n) is 5.39. The number of hydrogen-bond acceptors (Lipinski definition) is 5. The standard InChI is InChI=1S/C20H28N4O4/c1-20(15-9-8-10-16(13-15)28-2)18(26)24(19(27)21-20)22-17(25)14-23-11-6-4-3-5-7-12-23/h8-10,13H,3-7,11-12,14H2,1-2H3,(H,21,27)(H,22,25)/t20-/m1/s1. The van der Waals surface area contributed by atoms with Crippen LogP contribution in [0.2, 0.25) is 0 Å². The average molecular weight is 388 g/mol. The molecule has 0 bridgehead atoms. The molecule has 0 aliphatic carbocycles. The molecule has 2 N–H and O–H groups in total. The first-order valence-corrected chi connectivity index (χ1v) is 9.77. The Morgan fingerprint density at radius 2 is 1.86 bits per heavy atom. The number of carbonyl (C=O) groups excluding carboxylic acids is 3. The number of urea groups is 1. The van der Waals surface area contributed by atoms with Crippen LogP contribution in [-0.2, 0) is 15.1 Å². The molecule has 8 heteroatoms. The first-order chi connectivity index (χ1) is 13.4. The lowest BCUT2D eigenvalue weighted by atomic mass is 9.92. The highest BCUT2D eigenvalue weighted by molar-refractivity contribution is 6.08. The van der Waals surface area contributed by atoms with Crippen molar-refractivity contribution in [2.24, 2.45) is 0 Å². The minimum absolute atomic E-state index is 0.174. The van der Waals surface area contributed by atoms with Gasteiger partial charge in [-0.05, 0) is 50.6 Å². The molecule has 1 atom stereocenters. The number of carbonyl (C=O) groups is 3. The van der Waals surface area contributed by atoms with Crippen molar-refractivity contribution in [3.8, 4) is 5.75 Å². The minimum Gasteiger partial charge on any atom is -0.497 e. The molecule has 28 heavy (non-hydrogen) atoms. The lowest BCUT2D eigenvalue weighted by molar-refractivity contribution is -0.139.